The molecule has 0 aromatic carbocycles. The van der Waals surface area contributed by atoms with E-state index in [2.05, 4.69) is 18.7 Å². The summed E-state index contributed by atoms with van der Waals surface area (Å²) in [4.78, 5) is 0. The fraction of sp³-hybridized carbons (Fsp3) is 0.143. The first-order valence-electron chi connectivity index (χ1n) is 2.47. The van der Waals surface area contributed by atoms with Crippen LogP contribution < -0.4 is 0 Å². The van der Waals surface area contributed by atoms with Gasteiger partial charge in [-0.3, -0.25) is 0 Å². The molecule has 2 aliphatic carbocycles. The molecule has 0 saturated carbocycles. The highest BCUT2D eigenvalue weighted by atomic mass is 14.3. The van der Waals surface area contributed by atoms with Crippen LogP contribution in [0, 0.1) is 0 Å². The summed E-state index contributed by atoms with van der Waals surface area (Å²) < 4.78 is 0. The van der Waals surface area contributed by atoms with E-state index < -0.39 is 0 Å². The van der Waals surface area contributed by atoms with Gasteiger partial charge in [0.05, 0.1) is 0 Å². The minimum absolute atomic E-state index is 1.12. The summed E-state index contributed by atoms with van der Waals surface area (Å²) in [6, 6.07) is 0. The summed E-state index contributed by atoms with van der Waals surface area (Å²) in [5, 5.41) is 0. The van der Waals surface area contributed by atoms with E-state index in [1.54, 1.807) is 0 Å². The molecule has 34 valence electrons. The zero-order valence-corrected chi connectivity index (χ0v) is 4.07. The SMILES string of the molecule is C=C1C=C2C=C2C1. The summed E-state index contributed by atoms with van der Waals surface area (Å²) >= 11 is 0. The van der Waals surface area contributed by atoms with Gasteiger partial charge in [-0.25, -0.2) is 0 Å². The third kappa shape index (κ3) is 0.310. The van der Waals surface area contributed by atoms with E-state index in [0.29, 0.717) is 0 Å². The van der Waals surface area contributed by atoms with Gasteiger partial charge in [-0.2, -0.15) is 0 Å². The lowest BCUT2D eigenvalue weighted by molar-refractivity contribution is 1.32. The van der Waals surface area contributed by atoms with Gasteiger partial charge in [0.15, 0.2) is 0 Å². The van der Waals surface area contributed by atoms with Crippen molar-refractivity contribution in [3.05, 3.63) is 35.5 Å². The van der Waals surface area contributed by atoms with E-state index in [1.165, 1.54) is 16.7 Å². The van der Waals surface area contributed by atoms with E-state index in [-0.39, 0.29) is 0 Å². The van der Waals surface area contributed by atoms with Gasteiger partial charge in [0.1, 0.15) is 0 Å². The maximum absolute atomic E-state index is 3.82. The van der Waals surface area contributed by atoms with Gasteiger partial charge < -0.3 is 0 Å². The fourth-order valence-corrected chi connectivity index (χ4v) is 0.955. The molecule has 0 heteroatoms. The maximum Gasteiger partial charge on any atom is -0.00253 e. The van der Waals surface area contributed by atoms with Crippen LogP contribution in [-0.2, 0) is 0 Å². The number of allylic oxidation sites excluding steroid dienone is 5. The molecular formula is C7H6. The lowest BCUT2D eigenvalue weighted by Crippen LogP contribution is -1.61. The Kier molecular flexibility index (Phi) is 0.343. The molecule has 0 unspecified atom stereocenters. The van der Waals surface area contributed by atoms with Crippen molar-refractivity contribution in [1.29, 1.82) is 0 Å². The van der Waals surface area contributed by atoms with Gasteiger partial charge in [-0.05, 0) is 17.6 Å². The van der Waals surface area contributed by atoms with Crippen LogP contribution in [0.1, 0.15) is 6.42 Å². The van der Waals surface area contributed by atoms with Gasteiger partial charge >= 0.3 is 0 Å². The third-order valence-corrected chi connectivity index (χ3v) is 1.39. The molecule has 0 fully saturated rings. The fourth-order valence-electron chi connectivity index (χ4n) is 0.955. The Morgan fingerprint density at radius 1 is 1.43 bits per heavy atom. The Hall–Kier alpha value is -0.780. The summed E-state index contributed by atoms with van der Waals surface area (Å²) in [6.45, 7) is 3.82. The molecule has 2 aliphatic rings. The molecule has 0 atom stereocenters. The molecule has 0 aromatic rings. The van der Waals surface area contributed by atoms with Crippen LogP contribution in [0.5, 0.6) is 0 Å². The average Bonchev–Trinajstić information content (AvgIpc) is 2.15. The van der Waals surface area contributed by atoms with Crippen LogP contribution in [0.4, 0.5) is 0 Å². The quantitative estimate of drug-likeness (QED) is 0.425. The van der Waals surface area contributed by atoms with E-state index in [9.17, 15) is 0 Å². The number of hydrogen-bond donors (Lipinski definition) is 0. The lowest BCUT2D eigenvalue weighted by Gasteiger charge is -1.80. The van der Waals surface area contributed by atoms with Gasteiger partial charge in [-0.15, -0.1) is 0 Å². The molecular weight excluding hydrogens is 84.1 g/mol. The van der Waals surface area contributed by atoms with Crippen molar-refractivity contribution in [1.82, 2.24) is 0 Å². The lowest BCUT2D eigenvalue weighted by atomic mass is 10.2. The van der Waals surface area contributed by atoms with Gasteiger partial charge in [-0.1, -0.05) is 24.3 Å². The standard InChI is InChI=1S/C7H6/c1-5-2-6-4-7(6)3-5/h2,4H,1,3H2. The Morgan fingerprint density at radius 3 is 2.57 bits per heavy atom. The van der Waals surface area contributed by atoms with Crippen molar-refractivity contribution in [2.75, 3.05) is 0 Å². The zero-order chi connectivity index (χ0) is 4.85. The van der Waals surface area contributed by atoms with Gasteiger partial charge in [0.2, 0.25) is 0 Å². The van der Waals surface area contributed by atoms with Crippen LogP contribution in [0.25, 0.3) is 0 Å². The summed E-state index contributed by atoms with van der Waals surface area (Å²) in [6.07, 6.45) is 5.47. The maximum atomic E-state index is 3.82. The van der Waals surface area contributed by atoms with Crippen molar-refractivity contribution in [2.24, 2.45) is 0 Å². The second-order valence-electron chi connectivity index (χ2n) is 2.10. The Balaban J connectivity index is 2.45. The highest BCUT2D eigenvalue weighted by molar-refractivity contribution is 5.66. The molecule has 0 radical (unpaired) electrons. The first kappa shape index (κ1) is 3.25. The second-order valence-corrected chi connectivity index (χ2v) is 2.10. The molecule has 0 bridgehead atoms. The van der Waals surface area contributed by atoms with Crippen LogP contribution in [0.15, 0.2) is 35.5 Å². The topological polar surface area (TPSA) is 0 Å². The smallest absolute Gasteiger partial charge is 0.00253 e. The molecule has 0 heterocycles. The van der Waals surface area contributed by atoms with Crippen LogP contribution >= 0.6 is 0 Å². The minimum Gasteiger partial charge on any atom is -0.0955 e. The van der Waals surface area contributed by atoms with E-state index in [1.807, 2.05) is 0 Å². The minimum atomic E-state index is 1.12. The van der Waals surface area contributed by atoms with Crippen molar-refractivity contribution in [3.8, 4) is 0 Å². The zero-order valence-electron chi connectivity index (χ0n) is 4.07. The Morgan fingerprint density at radius 2 is 2.29 bits per heavy atom. The summed E-state index contributed by atoms with van der Waals surface area (Å²) in [7, 11) is 0. The van der Waals surface area contributed by atoms with Crippen molar-refractivity contribution in [3.63, 3.8) is 0 Å². The number of hydrogen-bond acceptors (Lipinski definition) is 0. The first-order chi connectivity index (χ1) is 3.36. The highest BCUT2D eigenvalue weighted by Gasteiger charge is 2.21. The van der Waals surface area contributed by atoms with Crippen LogP contribution in [0.2, 0.25) is 0 Å². The Labute approximate surface area is 42.8 Å². The number of rotatable bonds is 0. The molecule has 7 heavy (non-hydrogen) atoms. The first-order valence-corrected chi connectivity index (χ1v) is 2.47. The molecule has 0 aromatic heterocycles. The molecule has 0 nitrogen and oxygen atoms in total. The summed E-state index contributed by atoms with van der Waals surface area (Å²) in [5.74, 6) is 0. The van der Waals surface area contributed by atoms with E-state index in [0.717, 1.165) is 6.42 Å². The molecule has 2 rings (SSSR count). The number of fused-ring (bicyclic) bond motifs is 1. The predicted octanol–water partition coefficient (Wildman–Crippen LogP) is 1.81. The second kappa shape index (κ2) is 0.738. The normalized spacial score (nSPS) is 23.7. The van der Waals surface area contributed by atoms with Crippen molar-refractivity contribution < 1.29 is 0 Å². The monoisotopic (exact) mass is 90.0 g/mol. The summed E-state index contributed by atoms with van der Waals surface area (Å²) in [5.41, 5.74) is 4.21. The molecule has 0 amide bonds. The third-order valence-electron chi connectivity index (χ3n) is 1.39. The van der Waals surface area contributed by atoms with Gasteiger partial charge in [0.25, 0.3) is 0 Å². The Bertz CT molecular complexity index is 192. The van der Waals surface area contributed by atoms with E-state index in [4.69, 9.17) is 0 Å². The van der Waals surface area contributed by atoms with Crippen LogP contribution in [-0.4, -0.2) is 0 Å². The molecule has 0 saturated heterocycles. The largest absolute Gasteiger partial charge is 0.0955 e. The van der Waals surface area contributed by atoms with E-state index >= 15 is 0 Å². The van der Waals surface area contributed by atoms with Gasteiger partial charge in [0, 0.05) is 0 Å². The van der Waals surface area contributed by atoms with Crippen molar-refractivity contribution in [2.45, 2.75) is 6.42 Å². The molecule has 0 spiro atoms. The van der Waals surface area contributed by atoms with Crippen LogP contribution in [0.3, 0.4) is 0 Å². The molecule has 0 N–H and O–H groups in total. The average molecular weight is 90.1 g/mol. The predicted molar refractivity (Wildman–Crippen MR) is 29.9 cm³/mol. The molecule has 0 aliphatic heterocycles. The highest BCUT2D eigenvalue weighted by Crippen LogP contribution is 2.40. The van der Waals surface area contributed by atoms with Crippen molar-refractivity contribution >= 4 is 0 Å².